The Kier molecular flexibility index (Phi) is 11.4. The molecule has 4 N–H and O–H groups in total. The third-order valence-electron chi connectivity index (χ3n) is 9.60. The van der Waals surface area contributed by atoms with E-state index in [0.29, 0.717) is 10.2 Å². The Hall–Kier alpha value is -4.88. The van der Waals surface area contributed by atoms with Crippen molar-refractivity contribution < 1.29 is 9.47 Å². The molecule has 1 saturated heterocycles. The molecule has 0 radical (unpaired) electrons. The molecule has 0 amide bonds. The fraction of sp³-hybridized carbons (Fsp3) is 0.300. The molecule has 0 bridgehead atoms. The molecule has 0 atom stereocenters. The first-order valence-electron chi connectivity index (χ1n) is 17.8. The summed E-state index contributed by atoms with van der Waals surface area (Å²) in [5, 5.41) is 19.0. The molecule has 1 aliphatic heterocycles. The third kappa shape index (κ3) is 7.95. The average molecular weight is 733 g/mol. The lowest BCUT2D eigenvalue weighted by Crippen LogP contribution is -2.47. The molecule has 0 aliphatic carbocycles. The van der Waals surface area contributed by atoms with Crippen LogP contribution in [0.5, 0.6) is 11.5 Å². The number of ether oxygens (including phenoxy) is 2. The second-order valence-electron chi connectivity index (χ2n) is 12.9. The second kappa shape index (κ2) is 16.6. The van der Waals surface area contributed by atoms with Crippen molar-refractivity contribution in [1.82, 2.24) is 30.4 Å². The lowest BCUT2D eigenvalue weighted by atomic mass is 10.1. The minimum Gasteiger partial charge on any atom is -0.494 e. The summed E-state index contributed by atoms with van der Waals surface area (Å²) in [5.41, 5.74) is 5.30. The molecule has 1 fully saturated rings. The zero-order valence-corrected chi connectivity index (χ0v) is 31.2. The van der Waals surface area contributed by atoms with E-state index in [1.54, 1.807) is 14.2 Å². The number of anilines is 2. The van der Waals surface area contributed by atoms with Gasteiger partial charge in [-0.15, -0.1) is 0 Å². The first kappa shape index (κ1) is 35.5. The Morgan fingerprint density at radius 1 is 0.577 bits per heavy atom. The second-order valence-corrected chi connectivity index (χ2v) is 13.7. The Morgan fingerprint density at radius 3 is 1.40 bits per heavy atom. The Balaban J connectivity index is 0.826. The highest BCUT2D eigenvalue weighted by molar-refractivity contribution is 7.80. The number of nitrogens with one attached hydrogen (secondary N) is 4. The van der Waals surface area contributed by atoms with Crippen LogP contribution >= 0.6 is 24.4 Å². The predicted octanol–water partition coefficient (Wildman–Crippen LogP) is 6.78. The van der Waals surface area contributed by atoms with Gasteiger partial charge in [0.05, 0.1) is 36.6 Å². The average Bonchev–Trinajstić information content (AvgIpc) is 3.18. The molecule has 1 aliphatic rings. The quantitative estimate of drug-likeness (QED) is 0.0607. The van der Waals surface area contributed by atoms with Crippen LogP contribution in [-0.4, -0.2) is 96.6 Å². The molecule has 52 heavy (non-hydrogen) atoms. The number of rotatable bonds is 12. The first-order valence-corrected chi connectivity index (χ1v) is 18.6. The van der Waals surface area contributed by atoms with Crippen molar-refractivity contribution in [2.75, 3.05) is 77.2 Å². The van der Waals surface area contributed by atoms with Gasteiger partial charge in [0.25, 0.3) is 0 Å². The number of hydrogen-bond acceptors (Lipinski definition) is 8. The fourth-order valence-electron chi connectivity index (χ4n) is 6.93. The number of para-hydroxylation sites is 4. The summed E-state index contributed by atoms with van der Waals surface area (Å²) in [6.07, 6.45) is 2.02. The van der Waals surface area contributed by atoms with Gasteiger partial charge in [0.15, 0.2) is 10.2 Å². The highest BCUT2D eigenvalue weighted by Gasteiger charge is 2.18. The van der Waals surface area contributed by atoms with Crippen LogP contribution in [0.15, 0.2) is 84.9 Å². The molecule has 6 aromatic rings. The summed E-state index contributed by atoms with van der Waals surface area (Å²) in [7, 11) is 3.34. The molecule has 0 saturated carbocycles. The Bertz CT molecular complexity index is 2070. The standard InChI is InChI=1S/C40H44N8O2S2/c1-49-33-17-7-13-29-35(27-11-3-5-15-31(27)43-37(29)33)45-39(51)41-19-9-21-47-23-25-48(26-24-47)22-10-20-42-40(52)46-36-28-12-4-6-16-32(28)44-38-30(36)14-8-18-34(38)50-2/h3-8,11-18H,9-10,19-26H2,1-2H3,(H2,41,43,45,51)(H2,42,44,46,52). The highest BCUT2D eigenvalue weighted by atomic mass is 32.1. The number of piperazine rings is 1. The zero-order chi connectivity index (χ0) is 35.9. The zero-order valence-electron chi connectivity index (χ0n) is 29.6. The van der Waals surface area contributed by atoms with Crippen molar-refractivity contribution in [3.05, 3.63) is 84.9 Å². The van der Waals surface area contributed by atoms with E-state index < -0.39 is 0 Å². The SMILES string of the molecule is COc1cccc2c(NC(=S)NCCCN3CCN(CCCNC(=S)Nc4c5ccccc5nc5c(OC)cccc45)CC3)c3ccccc3nc12. The van der Waals surface area contributed by atoms with Crippen LogP contribution in [0.2, 0.25) is 0 Å². The molecule has 268 valence electrons. The lowest BCUT2D eigenvalue weighted by Gasteiger charge is -2.34. The van der Waals surface area contributed by atoms with E-state index >= 15 is 0 Å². The number of aromatic nitrogens is 2. The largest absolute Gasteiger partial charge is 0.494 e. The van der Waals surface area contributed by atoms with Crippen molar-refractivity contribution in [3.63, 3.8) is 0 Å². The minimum absolute atomic E-state index is 0.608. The lowest BCUT2D eigenvalue weighted by molar-refractivity contribution is 0.131. The van der Waals surface area contributed by atoms with Crippen molar-refractivity contribution in [1.29, 1.82) is 0 Å². The first-order chi connectivity index (χ1) is 25.5. The normalized spacial score (nSPS) is 13.7. The number of hydrogen-bond donors (Lipinski definition) is 4. The fourth-order valence-corrected chi connectivity index (χ4v) is 7.34. The maximum Gasteiger partial charge on any atom is 0.170 e. The van der Waals surface area contributed by atoms with Gasteiger partial charge in [0.1, 0.15) is 22.5 Å². The smallest absolute Gasteiger partial charge is 0.170 e. The van der Waals surface area contributed by atoms with Crippen LogP contribution < -0.4 is 30.7 Å². The highest BCUT2D eigenvalue weighted by Crippen LogP contribution is 2.36. The van der Waals surface area contributed by atoms with Gasteiger partial charge in [-0.1, -0.05) is 60.7 Å². The monoisotopic (exact) mass is 732 g/mol. The van der Waals surface area contributed by atoms with E-state index in [0.717, 1.165) is 132 Å². The topological polar surface area (TPSA) is 98.8 Å². The molecule has 2 aromatic heterocycles. The van der Waals surface area contributed by atoms with Gasteiger partial charge in [-0.25, -0.2) is 9.97 Å². The summed E-state index contributed by atoms with van der Waals surface area (Å²) in [6, 6.07) is 28.1. The van der Waals surface area contributed by atoms with Crippen LogP contribution in [0, 0.1) is 0 Å². The Labute approximate surface area is 314 Å². The number of thiocarbonyl (C=S) groups is 2. The number of benzene rings is 4. The molecule has 0 spiro atoms. The Morgan fingerprint density at radius 2 is 0.981 bits per heavy atom. The number of methoxy groups -OCH3 is 2. The van der Waals surface area contributed by atoms with E-state index in [1.807, 2.05) is 60.7 Å². The number of nitrogens with zero attached hydrogens (tertiary/aromatic N) is 4. The predicted molar refractivity (Wildman–Crippen MR) is 222 cm³/mol. The van der Waals surface area contributed by atoms with Crippen molar-refractivity contribution in [2.24, 2.45) is 0 Å². The minimum atomic E-state index is 0.608. The van der Waals surface area contributed by atoms with Gasteiger partial charge >= 0.3 is 0 Å². The van der Waals surface area contributed by atoms with Gasteiger partial charge in [-0.3, -0.25) is 0 Å². The van der Waals surface area contributed by atoms with E-state index in [1.165, 1.54) is 0 Å². The maximum absolute atomic E-state index is 5.74. The summed E-state index contributed by atoms with van der Waals surface area (Å²) in [6.45, 7) is 7.94. The van der Waals surface area contributed by atoms with Crippen molar-refractivity contribution in [2.45, 2.75) is 12.8 Å². The molecule has 12 heteroatoms. The van der Waals surface area contributed by atoms with Gasteiger partial charge in [0.2, 0.25) is 0 Å². The van der Waals surface area contributed by atoms with Crippen LogP contribution in [0.25, 0.3) is 43.6 Å². The number of pyridine rings is 2. The molecule has 3 heterocycles. The number of fused-ring (bicyclic) bond motifs is 4. The molecule has 0 unspecified atom stereocenters. The van der Waals surface area contributed by atoms with E-state index in [9.17, 15) is 0 Å². The summed E-state index contributed by atoms with van der Waals surface area (Å²) >= 11 is 11.5. The van der Waals surface area contributed by atoms with Crippen LogP contribution in [0.1, 0.15) is 12.8 Å². The maximum atomic E-state index is 5.74. The van der Waals surface area contributed by atoms with Gasteiger partial charge in [0, 0.05) is 60.8 Å². The van der Waals surface area contributed by atoms with Crippen LogP contribution in [0.3, 0.4) is 0 Å². The summed E-state index contributed by atoms with van der Waals surface area (Å²) in [5.74, 6) is 1.48. The van der Waals surface area contributed by atoms with Crippen LogP contribution in [-0.2, 0) is 0 Å². The van der Waals surface area contributed by atoms with Crippen molar-refractivity contribution >= 4 is 89.6 Å². The van der Waals surface area contributed by atoms with Gasteiger partial charge < -0.3 is 40.5 Å². The van der Waals surface area contributed by atoms with E-state index in [4.69, 9.17) is 43.9 Å². The van der Waals surface area contributed by atoms with Crippen LogP contribution in [0.4, 0.5) is 11.4 Å². The molecule has 10 nitrogen and oxygen atoms in total. The summed E-state index contributed by atoms with van der Waals surface area (Å²) in [4.78, 5) is 14.8. The third-order valence-corrected chi connectivity index (χ3v) is 10.1. The van der Waals surface area contributed by atoms with E-state index in [-0.39, 0.29) is 0 Å². The molecular formula is C40H44N8O2S2. The molecular weight excluding hydrogens is 689 g/mol. The molecule has 4 aromatic carbocycles. The van der Waals surface area contributed by atoms with E-state index in [2.05, 4.69) is 55.3 Å². The van der Waals surface area contributed by atoms with Gasteiger partial charge in [-0.05, 0) is 74.6 Å². The molecule has 7 rings (SSSR count). The van der Waals surface area contributed by atoms with Crippen molar-refractivity contribution in [3.8, 4) is 11.5 Å². The van der Waals surface area contributed by atoms with Gasteiger partial charge in [-0.2, -0.15) is 0 Å². The summed E-state index contributed by atoms with van der Waals surface area (Å²) < 4.78 is 11.2.